The Labute approximate surface area is 258 Å². The van der Waals surface area contributed by atoms with Crippen LogP contribution in [0.2, 0.25) is 0 Å². The van der Waals surface area contributed by atoms with Crippen molar-refractivity contribution in [2.24, 2.45) is 14.1 Å². The van der Waals surface area contributed by atoms with Gasteiger partial charge in [-0.25, -0.2) is 0 Å². The normalized spacial score (nSPS) is 13.4. The zero-order valence-electron chi connectivity index (χ0n) is 25.2. The van der Waals surface area contributed by atoms with Crippen LogP contribution in [0.15, 0.2) is 48.8 Å². The van der Waals surface area contributed by atoms with E-state index in [0.717, 1.165) is 22.5 Å². The van der Waals surface area contributed by atoms with E-state index >= 15 is 0 Å². The fraction of sp³-hybridized carbons (Fsp3) is 0.448. The third-order valence-electron chi connectivity index (χ3n) is 7.37. The maximum Gasteiger partial charge on any atom is 0.416 e. The number of alkyl halides is 9. The molecule has 4 rings (SSSR count). The summed E-state index contributed by atoms with van der Waals surface area (Å²) >= 11 is 0. The summed E-state index contributed by atoms with van der Waals surface area (Å²) in [6.45, 7) is 3.70. The van der Waals surface area contributed by atoms with Gasteiger partial charge >= 0.3 is 18.5 Å². The minimum atomic E-state index is -5.09. The van der Waals surface area contributed by atoms with Crippen molar-refractivity contribution in [2.45, 2.75) is 64.5 Å². The predicted octanol–water partition coefficient (Wildman–Crippen LogP) is 7.18. The maximum atomic E-state index is 13.9. The summed E-state index contributed by atoms with van der Waals surface area (Å²) in [5, 5.41) is 15.8. The van der Waals surface area contributed by atoms with Gasteiger partial charge in [-0.3, -0.25) is 9.58 Å². The van der Waals surface area contributed by atoms with Crippen molar-refractivity contribution in [3.8, 4) is 0 Å². The molecule has 17 heteroatoms. The Morgan fingerprint density at radius 1 is 0.761 bits per heavy atom. The van der Waals surface area contributed by atoms with E-state index in [1.807, 2.05) is 24.9 Å². The van der Waals surface area contributed by atoms with Crippen LogP contribution in [0.25, 0.3) is 0 Å². The first-order valence-electron chi connectivity index (χ1n) is 14.1. The van der Waals surface area contributed by atoms with E-state index in [0.29, 0.717) is 37.2 Å². The van der Waals surface area contributed by atoms with Crippen LogP contribution in [0.5, 0.6) is 0 Å². The molecular weight excluding hydrogens is 631 g/mol. The molecule has 0 N–H and O–H groups in total. The highest BCUT2D eigenvalue weighted by Gasteiger charge is 2.37. The number of benzene rings is 2. The van der Waals surface area contributed by atoms with E-state index in [1.165, 1.54) is 18.0 Å². The zero-order chi connectivity index (χ0) is 34.0. The molecule has 0 saturated heterocycles. The Morgan fingerprint density at radius 2 is 1.39 bits per heavy atom. The monoisotopic (exact) mass is 662 g/mol. The second-order valence-electron chi connectivity index (χ2n) is 10.8. The lowest BCUT2D eigenvalue weighted by molar-refractivity contribution is -0.143. The quantitative estimate of drug-likeness (QED) is 0.159. The molecule has 2 heterocycles. The fourth-order valence-electron chi connectivity index (χ4n) is 5.28. The molecule has 0 aliphatic heterocycles. The molecular formula is C29H31F9N8. The van der Waals surface area contributed by atoms with Gasteiger partial charge in [-0.1, -0.05) is 25.0 Å². The van der Waals surface area contributed by atoms with E-state index in [4.69, 9.17) is 0 Å². The number of nitrogens with zero attached hydrogens (tertiary/aromatic N) is 8. The molecule has 0 radical (unpaired) electrons. The van der Waals surface area contributed by atoms with Gasteiger partial charge in [-0.15, -0.1) is 5.10 Å². The van der Waals surface area contributed by atoms with Gasteiger partial charge in [-0.2, -0.15) is 49.4 Å². The van der Waals surface area contributed by atoms with Gasteiger partial charge in [0.05, 0.1) is 29.9 Å². The summed E-state index contributed by atoms with van der Waals surface area (Å²) in [5.41, 5.74) is -2.92. The highest BCUT2D eigenvalue weighted by Crippen LogP contribution is 2.38. The van der Waals surface area contributed by atoms with Gasteiger partial charge in [0.15, 0.2) is 0 Å². The number of halogens is 9. The molecule has 250 valence electrons. The van der Waals surface area contributed by atoms with Gasteiger partial charge in [0.25, 0.3) is 5.95 Å². The van der Waals surface area contributed by atoms with Crippen LogP contribution in [0, 0.1) is 0 Å². The van der Waals surface area contributed by atoms with Crippen molar-refractivity contribution in [3.05, 3.63) is 87.7 Å². The summed E-state index contributed by atoms with van der Waals surface area (Å²) in [6.07, 6.45) is -11.0. The number of aryl methyl sites for hydroxylation is 2. The largest absolute Gasteiger partial charge is 0.416 e. The highest BCUT2D eigenvalue weighted by molar-refractivity contribution is 5.42. The first kappa shape index (κ1) is 34.7. The van der Waals surface area contributed by atoms with Crippen molar-refractivity contribution < 1.29 is 39.5 Å². The average Bonchev–Trinajstić information content (AvgIpc) is 3.58. The van der Waals surface area contributed by atoms with Crippen LogP contribution in [0.4, 0.5) is 45.5 Å². The lowest BCUT2D eigenvalue weighted by Crippen LogP contribution is -2.30. The van der Waals surface area contributed by atoms with Crippen molar-refractivity contribution >= 4 is 5.95 Å². The Balaban J connectivity index is 1.82. The van der Waals surface area contributed by atoms with Crippen molar-refractivity contribution in [2.75, 3.05) is 11.4 Å². The number of tetrazole rings is 1. The van der Waals surface area contributed by atoms with E-state index in [2.05, 4.69) is 20.5 Å². The first-order chi connectivity index (χ1) is 21.4. The lowest BCUT2D eigenvalue weighted by Gasteiger charge is -2.33. The summed E-state index contributed by atoms with van der Waals surface area (Å²) in [6, 6.07) is 3.96. The summed E-state index contributed by atoms with van der Waals surface area (Å²) in [7, 11) is 3.14. The van der Waals surface area contributed by atoms with Gasteiger partial charge in [-0.05, 0) is 65.2 Å². The van der Waals surface area contributed by atoms with Crippen LogP contribution in [0.1, 0.15) is 65.3 Å². The SMILES string of the molecule is CCC(c1ccc(C(F)(F)F)cc1CN(Cc1cc(C(F)(F)F)cc(C(F)(F)F)c1)c1nnn(C)n1)N(CC)Cc1cnn(C)c1. The van der Waals surface area contributed by atoms with E-state index in [1.54, 1.807) is 17.9 Å². The number of hydrogen-bond donors (Lipinski definition) is 0. The fourth-order valence-corrected chi connectivity index (χ4v) is 5.28. The molecule has 2 aromatic carbocycles. The van der Waals surface area contributed by atoms with Crippen molar-refractivity contribution in [1.29, 1.82) is 0 Å². The van der Waals surface area contributed by atoms with Crippen LogP contribution in [-0.2, 0) is 52.3 Å². The third-order valence-corrected chi connectivity index (χ3v) is 7.37. The molecule has 2 aromatic heterocycles. The first-order valence-corrected chi connectivity index (χ1v) is 14.1. The summed E-state index contributed by atoms with van der Waals surface area (Å²) in [5.74, 6) is -0.201. The number of aromatic nitrogens is 6. The van der Waals surface area contributed by atoms with Gasteiger partial charge in [0.1, 0.15) is 0 Å². The molecule has 8 nitrogen and oxygen atoms in total. The summed E-state index contributed by atoms with van der Waals surface area (Å²) in [4.78, 5) is 4.26. The molecule has 46 heavy (non-hydrogen) atoms. The number of hydrogen-bond acceptors (Lipinski definition) is 6. The zero-order valence-corrected chi connectivity index (χ0v) is 25.2. The predicted molar refractivity (Wildman–Crippen MR) is 149 cm³/mol. The molecule has 0 aliphatic carbocycles. The molecule has 0 spiro atoms. The van der Waals surface area contributed by atoms with Gasteiger partial charge in [0, 0.05) is 44.5 Å². The third kappa shape index (κ3) is 8.35. The smallest absolute Gasteiger partial charge is 0.330 e. The van der Waals surface area contributed by atoms with Crippen LogP contribution in [-0.4, -0.2) is 41.4 Å². The standard InChI is InChI=1S/C29H31F9N8/c1-5-25(45(6-2)16-19-13-39-43(3)14-19)24-8-7-21(27(30,31)32)11-20(24)17-46(26-40-42-44(4)41-26)15-18-9-22(28(33,34)35)12-23(10-18)29(36,37)38/h7-14,25H,5-6,15-17H2,1-4H3. The van der Waals surface area contributed by atoms with Crippen molar-refractivity contribution in [1.82, 2.24) is 34.9 Å². The van der Waals surface area contributed by atoms with E-state index < -0.39 is 53.4 Å². The van der Waals surface area contributed by atoms with Crippen LogP contribution in [0.3, 0.4) is 0 Å². The topological polar surface area (TPSA) is 67.9 Å². The molecule has 0 aliphatic rings. The minimum absolute atomic E-state index is 0.00670. The highest BCUT2D eigenvalue weighted by atomic mass is 19.4. The molecule has 0 amide bonds. The molecule has 1 atom stereocenters. The molecule has 0 saturated carbocycles. The van der Waals surface area contributed by atoms with E-state index in [9.17, 15) is 39.5 Å². The Morgan fingerprint density at radius 3 is 1.87 bits per heavy atom. The minimum Gasteiger partial charge on any atom is -0.330 e. The summed E-state index contributed by atoms with van der Waals surface area (Å²) < 4.78 is 125. The average molecular weight is 663 g/mol. The van der Waals surface area contributed by atoms with E-state index in [-0.39, 0.29) is 24.1 Å². The van der Waals surface area contributed by atoms with Crippen LogP contribution >= 0.6 is 0 Å². The Kier molecular flexibility index (Phi) is 10.0. The number of anilines is 1. The van der Waals surface area contributed by atoms with Crippen molar-refractivity contribution in [3.63, 3.8) is 0 Å². The molecule has 4 aromatic rings. The number of rotatable bonds is 11. The van der Waals surface area contributed by atoms with Gasteiger partial charge in [0.2, 0.25) is 0 Å². The molecule has 0 fully saturated rings. The Hall–Kier alpha value is -4.15. The second-order valence-corrected chi connectivity index (χ2v) is 10.8. The second kappa shape index (κ2) is 13.3. The van der Waals surface area contributed by atoms with Crippen LogP contribution < -0.4 is 4.90 Å². The lowest BCUT2D eigenvalue weighted by atomic mass is 9.94. The molecule has 1 unspecified atom stereocenters. The molecule has 0 bridgehead atoms. The van der Waals surface area contributed by atoms with Gasteiger partial charge < -0.3 is 4.90 Å². The maximum absolute atomic E-state index is 13.9. The Bertz CT molecular complexity index is 1590.